The zero-order valence-corrected chi connectivity index (χ0v) is 11.4. The van der Waals surface area contributed by atoms with Gasteiger partial charge < -0.3 is 10.6 Å². The van der Waals surface area contributed by atoms with Crippen LogP contribution in [0.15, 0.2) is 36.5 Å². The van der Waals surface area contributed by atoms with Crippen molar-refractivity contribution in [1.29, 1.82) is 0 Å². The summed E-state index contributed by atoms with van der Waals surface area (Å²) < 4.78 is 13.6. The number of pyridine rings is 1. The molecule has 1 heterocycles. The van der Waals surface area contributed by atoms with E-state index in [0.717, 1.165) is 12.2 Å². The number of anilines is 2. The normalized spacial score (nSPS) is 10.2. The van der Waals surface area contributed by atoms with Crippen molar-refractivity contribution in [2.45, 2.75) is 13.8 Å². The zero-order valence-electron chi connectivity index (χ0n) is 11.4. The maximum atomic E-state index is 13.6. The lowest BCUT2D eigenvalue weighted by molar-refractivity contribution is 0.102. The number of hydrogen-bond acceptors (Lipinski definition) is 3. The molecule has 2 aromatic rings. The number of nitrogens with zero attached hydrogens (tertiary/aromatic N) is 1. The van der Waals surface area contributed by atoms with Crippen molar-refractivity contribution < 1.29 is 9.18 Å². The van der Waals surface area contributed by atoms with Crippen LogP contribution in [0.25, 0.3) is 0 Å². The summed E-state index contributed by atoms with van der Waals surface area (Å²) in [5.41, 5.74) is 1.94. The Kier molecular flexibility index (Phi) is 4.30. The maximum absolute atomic E-state index is 13.6. The van der Waals surface area contributed by atoms with E-state index < -0.39 is 11.7 Å². The van der Waals surface area contributed by atoms with Gasteiger partial charge in [0.2, 0.25) is 0 Å². The van der Waals surface area contributed by atoms with Crippen LogP contribution in [0.3, 0.4) is 0 Å². The molecule has 0 aliphatic carbocycles. The van der Waals surface area contributed by atoms with Crippen molar-refractivity contribution >= 4 is 17.3 Å². The van der Waals surface area contributed by atoms with Gasteiger partial charge in [-0.15, -0.1) is 0 Å². The van der Waals surface area contributed by atoms with E-state index in [1.54, 1.807) is 37.4 Å². The fourth-order valence-electron chi connectivity index (χ4n) is 1.80. The first-order valence-electron chi connectivity index (χ1n) is 6.38. The van der Waals surface area contributed by atoms with E-state index in [9.17, 15) is 9.18 Å². The minimum absolute atomic E-state index is 0.190. The number of amides is 1. The molecule has 1 aromatic heterocycles. The van der Waals surface area contributed by atoms with Crippen LogP contribution in [0.2, 0.25) is 0 Å². The highest BCUT2D eigenvalue weighted by atomic mass is 19.1. The molecule has 0 aliphatic rings. The van der Waals surface area contributed by atoms with Gasteiger partial charge in [0.25, 0.3) is 5.91 Å². The molecule has 2 rings (SSSR count). The van der Waals surface area contributed by atoms with Crippen LogP contribution >= 0.6 is 0 Å². The van der Waals surface area contributed by atoms with Crippen molar-refractivity contribution in [3.8, 4) is 0 Å². The molecule has 0 radical (unpaired) electrons. The highest BCUT2D eigenvalue weighted by Crippen LogP contribution is 2.19. The number of benzene rings is 1. The van der Waals surface area contributed by atoms with Crippen molar-refractivity contribution in [3.63, 3.8) is 0 Å². The molecule has 0 atom stereocenters. The van der Waals surface area contributed by atoms with E-state index in [-0.39, 0.29) is 11.4 Å². The summed E-state index contributed by atoms with van der Waals surface area (Å²) in [6.45, 7) is 4.49. The highest BCUT2D eigenvalue weighted by Gasteiger charge is 2.12. The molecule has 1 aromatic carbocycles. The first kappa shape index (κ1) is 14.0. The summed E-state index contributed by atoms with van der Waals surface area (Å²) in [4.78, 5) is 16.1. The third kappa shape index (κ3) is 3.12. The number of halogens is 1. The quantitative estimate of drug-likeness (QED) is 0.899. The molecule has 0 aliphatic heterocycles. The number of para-hydroxylation sites is 1. The van der Waals surface area contributed by atoms with Crippen LogP contribution in [0.1, 0.15) is 23.0 Å². The van der Waals surface area contributed by atoms with Crippen molar-refractivity contribution in [2.24, 2.45) is 0 Å². The van der Waals surface area contributed by atoms with E-state index in [1.165, 1.54) is 6.07 Å². The minimum Gasteiger partial charge on any atom is -0.384 e. The van der Waals surface area contributed by atoms with Crippen LogP contribution in [0, 0.1) is 12.7 Å². The van der Waals surface area contributed by atoms with E-state index >= 15 is 0 Å². The number of carbonyl (C=O) groups excluding carboxylic acids is 1. The topological polar surface area (TPSA) is 54.0 Å². The van der Waals surface area contributed by atoms with Gasteiger partial charge in [0.05, 0.1) is 17.6 Å². The summed E-state index contributed by atoms with van der Waals surface area (Å²) in [7, 11) is 0. The zero-order chi connectivity index (χ0) is 14.5. The first-order chi connectivity index (χ1) is 9.61. The minimum atomic E-state index is -0.456. The first-order valence-corrected chi connectivity index (χ1v) is 6.38. The van der Waals surface area contributed by atoms with E-state index in [2.05, 4.69) is 15.6 Å². The predicted octanol–water partition coefficient (Wildman–Crippen LogP) is 3.21. The number of aryl methyl sites for hydroxylation is 1. The summed E-state index contributed by atoms with van der Waals surface area (Å²) in [6.07, 6.45) is 1.58. The van der Waals surface area contributed by atoms with Crippen molar-refractivity contribution in [3.05, 3.63) is 53.6 Å². The lowest BCUT2D eigenvalue weighted by atomic mass is 10.2. The summed E-state index contributed by atoms with van der Waals surface area (Å²) >= 11 is 0. The van der Waals surface area contributed by atoms with Gasteiger partial charge in [-0.2, -0.15) is 0 Å². The van der Waals surface area contributed by atoms with Crippen LogP contribution in [-0.4, -0.2) is 17.4 Å². The third-order valence-electron chi connectivity index (χ3n) is 2.84. The molecule has 1 amide bonds. The third-order valence-corrected chi connectivity index (χ3v) is 2.84. The van der Waals surface area contributed by atoms with Crippen molar-refractivity contribution in [2.75, 3.05) is 17.2 Å². The van der Waals surface area contributed by atoms with E-state index in [4.69, 9.17) is 0 Å². The Bertz CT molecular complexity index is 591. The average molecular weight is 273 g/mol. The van der Waals surface area contributed by atoms with Gasteiger partial charge in [0.1, 0.15) is 11.5 Å². The highest BCUT2D eigenvalue weighted by molar-refractivity contribution is 6.03. The standard InChI is InChI=1S/C15H16FN3O/c1-3-17-11-7-8-13(18-9-11)15(20)19-14-10(2)5-4-6-12(14)16/h4-9,17H,3H2,1-2H3,(H,19,20). The molecule has 0 spiro atoms. The Morgan fingerprint density at radius 1 is 1.30 bits per heavy atom. The van der Waals surface area contributed by atoms with Crippen LogP contribution in [0.5, 0.6) is 0 Å². The van der Waals surface area contributed by atoms with Crippen molar-refractivity contribution in [1.82, 2.24) is 4.98 Å². The molecule has 104 valence electrons. The van der Waals surface area contributed by atoms with E-state index in [0.29, 0.717) is 5.56 Å². The lowest BCUT2D eigenvalue weighted by Gasteiger charge is -2.09. The fourth-order valence-corrected chi connectivity index (χ4v) is 1.80. The van der Waals surface area contributed by atoms with Crippen LogP contribution < -0.4 is 10.6 Å². The molecule has 2 N–H and O–H groups in total. The second-order valence-electron chi connectivity index (χ2n) is 4.35. The van der Waals surface area contributed by atoms with Gasteiger partial charge in [-0.3, -0.25) is 4.79 Å². The number of nitrogens with one attached hydrogen (secondary N) is 2. The van der Waals surface area contributed by atoms with Gasteiger partial charge in [-0.25, -0.2) is 9.37 Å². The molecule has 0 fully saturated rings. The molecular weight excluding hydrogens is 257 g/mol. The molecule has 20 heavy (non-hydrogen) atoms. The Morgan fingerprint density at radius 3 is 2.70 bits per heavy atom. The SMILES string of the molecule is CCNc1ccc(C(=O)Nc2c(C)cccc2F)nc1. The number of carbonyl (C=O) groups is 1. The number of aromatic nitrogens is 1. The average Bonchev–Trinajstić information content (AvgIpc) is 2.44. The summed E-state index contributed by atoms with van der Waals surface area (Å²) in [6, 6.07) is 8.01. The molecular formula is C15H16FN3O. The fraction of sp³-hybridized carbons (Fsp3) is 0.200. The molecule has 0 saturated carbocycles. The molecule has 4 nitrogen and oxygen atoms in total. The Morgan fingerprint density at radius 2 is 2.10 bits per heavy atom. The molecule has 5 heteroatoms. The second-order valence-corrected chi connectivity index (χ2v) is 4.35. The molecule has 0 saturated heterocycles. The Balaban J connectivity index is 2.16. The van der Waals surface area contributed by atoms with E-state index in [1.807, 2.05) is 6.92 Å². The largest absolute Gasteiger partial charge is 0.384 e. The molecule has 0 unspecified atom stereocenters. The monoisotopic (exact) mass is 273 g/mol. The molecule has 0 bridgehead atoms. The lowest BCUT2D eigenvalue weighted by Crippen LogP contribution is -2.15. The van der Waals surface area contributed by atoms with Crippen LogP contribution in [-0.2, 0) is 0 Å². The number of hydrogen-bond donors (Lipinski definition) is 2. The smallest absolute Gasteiger partial charge is 0.274 e. The van der Waals surface area contributed by atoms with Gasteiger partial charge >= 0.3 is 0 Å². The predicted molar refractivity (Wildman–Crippen MR) is 77.5 cm³/mol. The summed E-state index contributed by atoms with van der Waals surface area (Å²) in [5, 5.41) is 5.64. The van der Waals surface area contributed by atoms with Gasteiger partial charge in [-0.1, -0.05) is 12.1 Å². The van der Waals surface area contributed by atoms with Gasteiger partial charge in [-0.05, 0) is 37.6 Å². The van der Waals surface area contributed by atoms with Gasteiger partial charge in [0, 0.05) is 6.54 Å². The number of rotatable bonds is 4. The maximum Gasteiger partial charge on any atom is 0.274 e. The second kappa shape index (κ2) is 6.14. The summed E-state index contributed by atoms with van der Waals surface area (Å²) in [5.74, 6) is -0.885. The van der Waals surface area contributed by atoms with Crippen LogP contribution in [0.4, 0.5) is 15.8 Å². The Labute approximate surface area is 117 Å². The van der Waals surface area contributed by atoms with Gasteiger partial charge in [0.15, 0.2) is 0 Å². The Hall–Kier alpha value is -2.43.